The summed E-state index contributed by atoms with van der Waals surface area (Å²) in [5.41, 5.74) is 4.43. The van der Waals surface area contributed by atoms with E-state index in [1.165, 1.54) is 23.8 Å². The molecule has 0 saturated heterocycles. The first-order valence-corrected chi connectivity index (χ1v) is 11.4. The summed E-state index contributed by atoms with van der Waals surface area (Å²) in [7, 11) is 3.21. The molecule has 0 fully saturated rings. The third-order valence-electron chi connectivity index (χ3n) is 7.35. The van der Waals surface area contributed by atoms with Gasteiger partial charge in [-0.15, -0.1) is 0 Å². The molecule has 2 aromatic rings. The predicted molar refractivity (Wildman–Crippen MR) is 123 cm³/mol. The third-order valence-corrected chi connectivity index (χ3v) is 7.35. The van der Waals surface area contributed by atoms with Crippen molar-refractivity contribution in [3.8, 4) is 11.5 Å². The van der Waals surface area contributed by atoms with E-state index in [1.807, 2.05) is 18.2 Å². The number of hydrogen-bond acceptors (Lipinski definition) is 5. The highest BCUT2D eigenvalue weighted by molar-refractivity contribution is 5.71. The highest BCUT2D eigenvalue weighted by atomic mass is 16.5. The molecule has 3 unspecified atom stereocenters. The number of carbonyl (C=O) groups is 1. The number of methoxy groups -OCH3 is 2. The fourth-order valence-corrected chi connectivity index (χ4v) is 4.95. The van der Waals surface area contributed by atoms with Crippen molar-refractivity contribution in [1.29, 1.82) is 0 Å². The van der Waals surface area contributed by atoms with E-state index in [1.54, 1.807) is 7.11 Å². The minimum Gasteiger partial charge on any atom is -0.492 e. The lowest BCUT2D eigenvalue weighted by atomic mass is 9.71. The van der Waals surface area contributed by atoms with Gasteiger partial charge in [0.05, 0.1) is 25.7 Å². The van der Waals surface area contributed by atoms with Crippen molar-refractivity contribution in [3.63, 3.8) is 0 Å². The van der Waals surface area contributed by atoms with Gasteiger partial charge in [0.15, 0.2) is 0 Å². The maximum atomic E-state index is 11.7. The molecule has 32 heavy (non-hydrogen) atoms. The first kappa shape index (κ1) is 22.7. The second kappa shape index (κ2) is 8.43. The van der Waals surface area contributed by atoms with Gasteiger partial charge in [-0.3, -0.25) is 4.79 Å². The quantitative estimate of drug-likeness (QED) is 0.542. The van der Waals surface area contributed by atoms with Crippen LogP contribution in [0.1, 0.15) is 74.8 Å². The summed E-state index contributed by atoms with van der Waals surface area (Å²) < 4.78 is 23.2. The number of rotatable bonds is 6. The van der Waals surface area contributed by atoms with Crippen molar-refractivity contribution in [3.05, 3.63) is 58.7 Å². The molecule has 1 aliphatic heterocycles. The minimum absolute atomic E-state index is 0.00339. The topological polar surface area (TPSA) is 54.0 Å². The predicted octanol–water partition coefficient (Wildman–Crippen LogP) is 5.70. The minimum atomic E-state index is -0.386. The number of esters is 1. The summed E-state index contributed by atoms with van der Waals surface area (Å²) in [6.45, 7) is 9.33. The zero-order valence-corrected chi connectivity index (χ0v) is 20.0. The van der Waals surface area contributed by atoms with Crippen LogP contribution in [0.5, 0.6) is 11.5 Å². The van der Waals surface area contributed by atoms with Gasteiger partial charge in [-0.05, 0) is 47.9 Å². The molecule has 0 N–H and O–H groups in total. The largest absolute Gasteiger partial charge is 0.492 e. The highest BCUT2D eigenvalue weighted by Gasteiger charge is 2.42. The van der Waals surface area contributed by atoms with Crippen LogP contribution in [-0.2, 0) is 26.3 Å². The van der Waals surface area contributed by atoms with E-state index in [0.717, 1.165) is 29.9 Å². The van der Waals surface area contributed by atoms with E-state index in [9.17, 15) is 4.79 Å². The molecule has 4 rings (SSSR count). The van der Waals surface area contributed by atoms with Crippen LogP contribution >= 0.6 is 0 Å². The smallest absolute Gasteiger partial charge is 0.306 e. The van der Waals surface area contributed by atoms with Crippen LogP contribution in [0, 0.1) is 5.41 Å². The molecule has 1 heterocycles. The molecule has 0 radical (unpaired) electrons. The van der Waals surface area contributed by atoms with Crippen molar-refractivity contribution >= 4 is 5.97 Å². The summed E-state index contributed by atoms with van der Waals surface area (Å²) in [5, 5.41) is 0. The summed E-state index contributed by atoms with van der Waals surface area (Å²) in [5.74, 6) is 1.40. The van der Waals surface area contributed by atoms with Crippen LogP contribution in [0.2, 0.25) is 0 Å². The molecule has 0 spiro atoms. The molecule has 3 atom stereocenters. The maximum absolute atomic E-state index is 11.7. The molecule has 2 aliphatic rings. The average molecular weight is 439 g/mol. The van der Waals surface area contributed by atoms with Crippen molar-refractivity contribution in [1.82, 2.24) is 0 Å². The Labute approximate surface area is 191 Å². The van der Waals surface area contributed by atoms with Crippen molar-refractivity contribution in [2.24, 2.45) is 5.41 Å². The van der Waals surface area contributed by atoms with E-state index in [-0.39, 0.29) is 29.0 Å². The fraction of sp³-hybridized carbons (Fsp3) is 0.519. The lowest BCUT2D eigenvalue weighted by Crippen LogP contribution is -2.39. The second-order valence-corrected chi connectivity index (χ2v) is 9.99. The summed E-state index contributed by atoms with van der Waals surface area (Å²) in [6.07, 6.45) is 2.22. The zero-order chi connectivity index (χ0) is 23.1. The number of fused-ring (bicyclic) bond motifs is 2. The highest BCUT2D eigenvalue weighted by Crippen LogP contribution is 2.48. The van der Waals surface area contributed by atoms with Crippen LogP contribution in [-0.4, -0.2) is 26.8 Å². The van der Waals surface area contributed by atoms with E-state index >= 15 is 0 Å². The Morgan fingerprint density at radius 2 is 1.88 bits per heavy atom. The Morgan fingerprint density at radius 1 is 1.09 bits per heavy atom. The molecular formula is C27H34O5. The van der Waals surface area contributed by atoms with Gasteiger partial charge in [-0.1, -0.05) is 45.0 Å². The average Bonchev–Trinajstić information content (AvgIpc) is 3.36. The molecule has 172 valence electrons. The number of carbonyl (C=O) groups excluding carboxylic acids is 1. The van der Waals surface area contributed by atoms with Crippen molar-refractivity contribution < 1.29 is 23.7 Å². The number of benzene rings is 2. The summed E-state index contributed by atoms with van der Waals surface area (Å²) in [6, 6.07) is 12.4. The molecule has 2 aromatic carbocycles. The fourth-order valence-electron chi connectivity index (χ4n) is 4.95. The second-order valence-electron chi connectivity index (χ2n) is 9.99. The van der Waals surface area contributed by atoms with Gasteiger partial charge in [0, 0.05) is 24.7 Å². The van der Waals surface area contributed by atoms with Crippen LogP contribution in [0.25, 0.3) is 0 Å². The Balaban J connectivity index is 1.57. The Hall–Kier alpha value is -2.53. The van der Waals surface area contributed by atoms with Crippen molar-refractivity contribution in [2.45, 2.75) is 64.6 Å². The standard InChI is InChI=1S/C27H34O5/c1-26(2,3)27(4,30-6)22-9-7-8-21-20(22)12-13-23(21)32-18-10-11-19-17(14-25(28)29-5)16-31-24(19)15-18/h7-11,15,17,23H,12-14,16H2,1-6H3. The number of hydrogen-bond donors (Lipinski definition) is 0. The molecule has 5 nitrogen and oxygen atoms in total. The molecule has 0 saturated carbocycles. The van der Waals surface area contributed by atoms with Crippen LogP contribution in [0.4, 0.5) is 0 Å². The van der Waals surface area contributed by atoms with Crippen LogP contribution < -0.4 is 9.47 Å². The maximum Gasteiger partial charge on any atom is 0.306 e. The van der Waals surface area contributed by atoms with E-state index in [2.05, 4.69) is 45.9 Å². The normalized spacial score (nSPS) is 21.3. The van der Waals surface area contributed by atoms with E-state index in [4.69, 9.17) is 18.9 Å². The summed E-state index contributed by atoms with van der Waals surface area (Å²) in [4.78, 5) is 11.7. The number of ether oxygens (including phenoxy) is 4. The molecular weight excluding hydrogens is 404 g/mol. The first-order chi connectivity index (χ1) is 15.2. The van der Waals surface area contributed by atoms with Gasteiger partial charge in [0.1, 0.15) is 17.6 Å². The van der Waals surface area contributed by atoms with Gasteiger partial charge in [-0.25, -0.2) is 0 Å². The molecule has 1 aliphatic carbocycles. The Bertz CT molecular complexity index is 1010. The molecule has 0 amide bonds. The lowest BCUT2D eigenvalue weighted by Gasteiger charge is -2.42. The SMILES string of the molecule is COC(=O)CC1COc2cc(OC3CCc4c3cccc4C(C)(OC)C(C)(C)C)ccc21. The van der Waals surface area contributed by atoms with E-state index in [0.29, 0.717) is 13.0 Å². The summed E-state index contributed by atoms with van der Waals surface area (Å²) >= 11 is 0. The molecule has 0 bridgehead atoms. The van der Waals surface area contributed by atoms with E-state index < -0.39 is 0 Å². The van der Waals surface area contributed by atoms with Crippen LogP contribution in [0.3, 0.4) is 0 Å². The zero-order valence-electron chi connectivity index (χ0n) is 20.0. The Kier molecular flexibility index (Phi) is 5.97. The Morgan fingerprint density at radius 3 is 2.56 bits per heavy atom. The first-order valence-electron chi connectivity index (χ1n) is 11.4. The van der Waals surface area contributed by atoms with Gasteiger partial charge >= 0.3 is 5.97 Å². The lowest BCUT2D eigenvalue weighted by molar-refractivity contribution is -0.141. The van der Waals surface area contributed by atoms with Crippen LogP contribution in [0.15, 0.2) is 36.4 Å². The molecule has 0 aromatic heterocycles. The molecule has 5 heteroatoms. The van der Waals surface area contributed by atoms with Gasteiger partial charge < -0.3 is 18.9 Å². The van der Waals surface area contributed by atoms with Gasteiger partial charge in [0.25, 0.3) is 0 Å². The third kappa shape index (κ3) is 3.88. The van der Waals surface area contributed by atoms with Gasteiger partial charge in [0.2, 0.25) is 0 Å². The monoisotopic (exact) mass is 438 g/mol. The van der Waals surface area contributed by atoms with Crippen molar-refractivity contribution in [2.75, 3.05) is 20.8 Å². The van der Waals surface area contributed by atoms with Gasteiger partial charge in [-0.2, -0.15) is 0 Å².